The van der Waals surface area contributed by atoms with Crippen LogP contribution in [0.4, 0.5) is 0 Å². The molecular weight excluding hydrogens is 178 g/mol. The van der Waals surface area contributed by atoms with E-state index in [0.717, 1.165) is 23.5 Å². The predicted octanol–water partition coefficient (Wildman–Crippen LogP) is 2.75. The van der Waals surface area contributed by atoms with Gasteiger partial charge in [-0.2, -0.15) is 11.8 Å². The molecule has 1 rings (SSSR count). The van der Waals surface area contributed by atoms with Crippen molar-refractivity contribution in [2.75, 3.05) is 12.0 Å². The second-order valence-corrected chi connectivity index (χ2v) is 5.71. The average Bonchev–Trinajstić information content (AvgIpc) is 2.03. The van der Waals surface area contributed by atoms with Crippen LogP contribution in [-0.2, 0) is 0 Å². The minimum atomic E-state index is 0.431. The monoisotopic (exact) mass is 201 g/mol. The van der Waals surface area contributed by atoms with Crippen molar-refractivity contribution >= 4 is 11.8 Å². The maximum atomic E-state index is 6.16. The molecule has 1 nitrogen and oxygen atoms in total. The lowest BCUT2D eigenvalue weighted by Gasteiger charge is -2.34. The van der Waals surface area contributed by atoms with Gasteiger partial charge in [0.25, 0.3) is 0 Å². The molecule has 0 saturated heterocycles. The molecule has 3 unspecified atom stereocenters. The highest BCUT2D eigenvalue weighted by atomic mass is 32.2. The Morgan fingerprint density at radius 2 is 1.77 bits per heavy atom. The van der Waals surface area contributed by atoms with Gasteiger partial charge in [0.15, 0.2) is 0 Å². The van der Waals surface area contributed by atoms with E-state index in [0.29, 0.717) is 6.04 Å². The number of nitrogens with two attached hydrogens (primary N) is 1. The standard InChI is InChI=1S/C11H23NS/c1-8-4-9(2)6-10(5-8)11(12)7-13-3/h8-11H,4-7,12H2,1-3H3. The van der Waals surface area contributed by atoms with E-state index in [-0.39, 0.29) is 0 Å². The Morgan fingerprint density at radius 3 is 2.23 bits per heavy atom. The zero-order valence-electron chi connectivity index (χ0n) is 9.12. The smallest absolute Gasteiger partial charge is 0.0159 e. The molecule has 0 aromatic heterocycles. The Labute approximate surface area is 86.8 Å². The molecule has 1 fully saturated rings. The van der Waals surface area contributed by atoms with Crippen molar-refractivity contribution in [1.82, 2.24) is 0 Å². The van der Waals surface area contributed by atoms with Crippen LogP contribution < -0.4 is 5.73 Å². The number of hydrogen-bond donors (Lipinski definition) is 1. The van der Waals surface area contributed by atoms with E-state index in [9.17, 15) is 0 Å². The van der Waals surface area contributed by atoms with Crippen LogP contribution in [0.15, 0.2) is 0 Å². The third-order valence-electron chi connectivity index (χ3n) is 3.18. The zero-order valence-corrected chi connectivity index (χ0v) is 9.94. The first-order valence-electron chi connectivity index (χ1n) is 5.38. The Balaban J connectivity index is 2.40. The van der Waals surface area contributed by atoms with Gasteiger partial charge in [0, 0.05) is 11.8 Å². The molecule has 1 aliphatic rings. The first-order valence-corrected chi connectivity index (χ1v) is 6.77. The second-order valence-electron chi connectivity index (χ2n) is 4.80. The van der Waals surface area contributed by atoms with Gasteiger partial charge in [-0.1, -0.05) is 13.8 Å². The molecule has 0 amide bonds. The summed E-state index contributed by atoms with van der Waals surface area (Å²) in [4.78, 5) is 0. The largest absolute Gasteiger partial charge is 0.327 e. The van der Waals surface area contributed by atoms with E-state index in [4.69, 9.17) is 5.73 Å². The lowest BCUT2D eigenvalue weighted by atomic mass is 9.74. The third-order valence-corrected chi connectivity index (χ3v) is 3.90. The number of thioether (sulfide) groups is 1. The molecule has 0 radical (unpaired) electrons. The highest BCUT2D eigenvalue weighted by Crippen LogP contribution is 2.34. The summed E-state index contributed by atoms with van der Waals surface area (Å²) in [6.45, 7) is 4.74. The molecule has 78 valence electrons. The van der Waals surface area contributed by atoms with E-state index in [1.165, 1.54) is 19.3 Å². The predicted molar refractivity (Wildman–Crippen MR) is 62.0 cm³/mol. The molecule has 13 heavy (non-hydrogen) atoms. The van der Waals surface area contributed by atoms with Crippen molar-refractivity contribution in [2.24, 2.45) is 23.5 Å². The SMILES string of the molecule is CSCC(N)C1CC(C)CC(C)C1. The van der Waals surface area contributed by atoms with Gasteiger partial charge in [-0.15, -0.1) is 0 Å². The fourth-order valence-corrected chi connectivity index (χ4v) is 3.34. The van der Waals surface area contributed by atoms with Crippen LogP contribution in [0.2, 0.25) is 0 Å². The minimum Gasteiger partial charge on any atom is -0.327 e. The number of rotatable bonds is 3. The van der Waals surface area contributed by atoms with Crippen LogP contribution in [0.1, 0.15) is 33.1 Å². The maximum Gasteiger partial charge on any atom is 0.0159 e. The summed E-state index contributed by atoms with van der Waals surface area (Å²) in [5.74, 6) is 3.69. The summed E-state index contributed by atoms with van der Waals surface area (Å²) >= 11 is 1.88. The minimum absolute atomic E-state index is 0.431. The Morgan fingerprint density at radius 1 is 1.23 bits per heavy atom. The molecule has 2 heteroatoms. The van der Waals surface area contributed by atoms with Crippen LogP contribution in [0.5, 0.6) is 0 Å². The normalized spacial score (nSPS) is 37.4. The Bertz CT molecular complexity index is 139. The summed E-state index contributed by atoms with van der Waals surface area (Å²) in [6, 6.07) is 0.431. The molecule has 0 bridgehead atoms. The molecule has 1 aliphatic carbocycles. The van der Waals surface area contributed by atoms with Crippen molar-refractivity contribution in [3.63, 3.8) is 0 Å². The van der Waals surface area contributed by atoms with Gasteiger partial charge in [-0.25, -0.2) is 0 Å². The molecule has 0 heterocycles. The Hall–Kier alpha value is 0.310. The molecule has 0 aromatic carbocycles. The fraction of sp³-hybridized carbons (Fsp3) is 1.00. The summed E-state index contributed by atoms with van der Waals surface area (Å²) < 4.78 is 0. The van der Waals surface area contributed by atoms with E-state index in [2.05, 4.69) is 20.1 Å². The average molecular weight is 201 g/mol. The second kappa shape index (κ2) is 5.26. The lowest BCUT2D eigenvalue weighted by Crippen LogP contribution is -2.37. The van der Waals surface area contributed by atoms with Gasteiger partial charge < -0.3 is 5.73 Å². The van der Waals surface area contributed by atoms with Crippen molar-refractivity contribution in [2.45, 2.75) is 39.2 Å². The van der Waals surface area contributed by atoms with Gasteiger partial charge >= 0.3 is 0 Å². The van der Waals surface area contributed by atoms with Crippen molar-refractivity contribution < 1.29 is 0 Å². The van der Waals surface area contributed by atoms with Crippen LogP contribution in [-0.4, -0.2) is 18.1 Å². The van der Waals surface area contributed by atoms with Crippen LogP contribution in [0.3, 0.4) is 0 Å². The van der Waals surface area contributed by atoms with E-state index in [1.54, 1.807) is 0 Å². The molecule has 0 spiro atoms. The van der Waals surface area contributed by atoms with Gasteiger partial charge in [-0.3, -0.25) is 0 Å². The van der Waals surface area contributed by atoms with E-state index in [1.807, 2.05) is 11.8 Å². The summed E-state index contributed by atoms with van der Waals surface area (Å²) in [5.41, 5.74) is 6.16. The van der Waals surface area contributed by atoms with Crippen LogP contribution in [0.25, 0.3) is 0 Å². The number of hydrogen-bond acceptors (Lipinski definition) is 2. The molecule has 0 aliphatic heterocycles. The molecule has 2 N–H and O–H groups in total. The first kappa shape index (κ1) is 11.4. The van der Waals surface area contributed by atoms with Crippen molar-refractivity contribution in [3.8, 4) is 0 Å². The summed E-state index contributed by atoms with van der Waals surface area (Å²) in [5, 5.41) is 0. The van der Waals surface area contributed by atoms with Crippen molar-refractivity contribution in [3.05, 3.63) is 0 Å². The van der Waals surface area contributed by atoms with Gasteiger partial charge in [0.1, 0.15) is 0 Å². The zero-order chi connectivity index (χ0) is 9.84. The van der Waals surface area contributed by atoms with E-state index >= 15 is 0 Å². The van der Waals surface area contributed by atoms with Gasteiger partial charge in [-0.05, 0) is 43.3 Å². The van der Waals surface area contributed by atoms with Gasteiger partial charge in [0.05, 0.1) is 0 Å². The quantitative estimate of drug-likeness (QED) is 0.760. The highest BCUT2D eigenvalue weighted by Gasteiger charge is 2.27. The van der Waals surface area contributed by atoms with Crippen molar-refractivity contribution in [1.29, 1.82) is 0 Å². The summed E-state index contributed by atoms with van der Waals surface area (Å²) in [6.07, 6.45) is 6.26. The fourth-order valence-electron chi connectivity index (χ4n) is 2.69. The Kier molecular flexibility index (Phi) is 4.60. The molecule has 1 saturated carbocycles. The third kappa shape index (κ3) is 3.51. The maximum absolute atomic E-state index is 6.16. The van der Waals surface area contributed by atoms with E-state index < -0.39 is 0 Å². The van der Waals surface area contributed by atoms with Crippen LogP contribution in [0, 0.1) is 17.8 Å². The summed E-state index contributed by atoms with van der Waals surface area (Å²) in [7, 11) is 0. The lowest BCUT2D eigenvalue weighted by molar-refractivity contribution is 0.200. The van der Waals surface area contributed by atoms with Crippen LogP contribution >= 0.6 is 11.8 Å². The molecule has 3 atom stereocenters. The molecular formula is C11H23NS. The van der Waals surface area contributed by atoms with Gasteiger partial charge in [0.2, 0.25) is 0 Å². The topological polar surface area (TPSA) is 26.0 Å². The highest BCUT2D eigenvalue weighted by molar-refractivity contribution is 7.98. The molecule has 0 aromatic rings. The first-order chi connectivity index (χ1) is 6.13.